The summed E-state index contributed by atoms with van der Waals surface area (Å²) >= 11 is 1.22. The molecule has 7 heteroatoms. The van der Waals surface area contributed by atoms with Gasteiger partial charge in [0.25, 0.3) is 0 Å². The fourth-order valence-electron chi connectivity index (χ4n) is 1.28. The Bertz CT molecular complexity index is 490. The summed E-state index contributed by atoms with van der Waals surface area (Å²) < 4.78 is 0. The highest BCUT2D eigenvalue weighted by Crippen LogP contribution is 2.26. The molecular weight excluding hydrogens is 268 g/mol. The highest BCUT2D eigenvalue weighted by Gasteiger charge is 2.09. The largest absolute Gasteiger partial charge is 0.481 e. The molecule has 1 aromatic carbocycles. The summed E-state index contributed by atoms with van der Waals surface area (Å²) in [7, 11) is 0. The predicted molar refractivity (Wildman–Crippen MR) is 71.9 cm³/mol. The SMILES string of the molecule is NC(=O)CSc1ccccc1NC(=O)CCC(=O)O. The number of anilines is 1. The molecule has 4 N–H and O–H groups in total. The quantitative estimate of drug-likeness (QED) is 0.648. The van der Waals surface area contributed by atoms with E-state index < -0.39 is 11.9 Å². The van der Waals surface area contributed by atoms with Gasteiger partial charge >= 0.3 is 5.97 Å². The molecule has 0 atom stereocenters. The molecule has 0 unspecified atom stereocenters. The van der Waals surface area contributed by atoms with Crippen molar-refractivity contribution in [2.75, 3.05) is 11.1 Å². The second-order valence-electron chi connectivity index (χ2n) is 3.69. The molecule has 0 bridgehead atoms. The smallest absolute Gasteiger partial charge is 0.303 e. The third-order valence-corrected chi connectivity index (χ3v) is 3.19. The van der Waals surface area contributed by atoms with E-state index in [1.54, 1.807) is 24.3 Å². The van der Waals surface area contributed by atoms with Crippen LogP contribution in [0.2, 0.25) is 0 Å². The Morgan fingerprint density at radius 3 is 2.53 bits per heavy atom. The van der Waals surface area contributed by atoms with E-state index in [0.29, 0.717) is 10.6 Å². The second-order valence-corrected chi connectivity index (χ2v) is 4.71. The number of nitrogens with one attached hydrogen (secondary N) is 1. The molecule has 2 amide bonds. The lowest BCUT2D eigenvalue weighted by atomic mass is 10.2. The van der Waals surface area contributed by atoms with Crippen LogP contribution in [0.15, 0.2) is 29.2 Å². The molecule has 0 aromatic heterocycles. The summed E-state index contributed by atoms with van der Waals surface area (Å²) in [4.78, 5) is 33.3. The Hall–Kier alpha value is -2.02. The van der Waals surface area contributed by atoms with Crippen LogP contribution in [0.3, 0.4) is 0 Å². The van der Waals surface area contributed by atoms with Gasteiger partial charge in [-0.2, -0.15) is 0 Å². The van der Waals surface area contributed by atoms with Crippen molar-refractivity contribution >= 4 is 35.2 Å². The molecule has 0 radical (unpaired) electrons. The number of carboxylic acids is 1. The first-order chi connectivity index (χ1) is 8.99. The van der Waals surface area contributed by atoms with Crippen molar-refractivity contribution in [2.45, 2.75) is 17.7 Å². The Morgan fingerprint density at radius 1 is 1.21 bits per heavy atom. The van der Waals surface area contributed by atoms with Crippen LogP contribution in [0.25, 0.3) is 0 Å². The number of benzene rings is 1. The number of carbonyl (C=O) groups is 3. The normalized spacial score (nSPS) is 9.89. The lowest BCUT2D eigenvalue weighted by Gasteiger charge is -2.09. The lowest BCUT2D eigenvalue weighted by molar-refractivity contribution is -0.138. The van der Waals surface area contributed by atoms with Crippen LogP contribution < -0.4 is 11.1 Å². The molecule has 0 saturated heterocycles. The highest BCUT2D eigenvalue weighted by molar-refractivity contribution is 8.00. The molecule has 0 aliphatic heterocycles. The van der Waals surface area contributed by atoms with E-state index in [9.17, 15) is 14.4 Å². The number of para-hydroxylation sites is 1. The van der Waals surface area contributed by atoms with Gasteiger partial charge in [0.2, 0.25) is 11.8 Å². The summed E-state index contributed by atoms with van der Waals surface area (Å²) in [6.45, 7) is 0. The summed E-state index contributed by atoms with van der Waals surface area (Å²) in [6.07, 6.45) is -0.313. The molecule has 1 aromatic rings. The summed E-state index contributed by atoms with van der Waals surface area (Å²) in [6, 6.07) is 6.94. The third-order valence-electron chi connectivity index (χ3n) is 2.10. The van der Waals surface area contributed by atoms with Gasteiger partial charge in [-0.1, -0.05) is 12.1 Å². The van der Waals surface area contributed by atoms with Crippen LogP contribution >= 0.6 is 11.8 Å². The first kappa shape index (κ1) is 15.0. The molecular formula is C12H14N2O4S. The lowest BCUT2D eigenvalue weighted by Crippen LogP contribution is -2.15. The second kappa shape index (κ2) is 7.42. The van der Waals surface area contributed by atoms with Crippen LogP contribution in [0.1, 0.15) is 12.8 Å². The van der Waals surface area contributed by atoms with E-state index in [4.69, 9.17) is 10.8 Å². The van der Waals surface area contributed by atoms with Gasteiger partial charge in [-0.05, 0) is 12.1 Å². The van der Waals surface area contributed by atoms with Gasteiger partial charge in [0.1, 0.15) is 0 Å². The number of thioether (sulfide) groups is 1. The first-order valence-corrected chi connectivity index (χ1v) is 6.49. The summed E-state index contributed by atoms with van der Waals surface area (Å²) in [5.74, 6) is -1.74. The van der Waals surface area contributed by atoms with Crippen LogP contribution in [0, 0.1) is 0 Å². The van der Waals surface area contributed by atoms with Gasteiger partial charge in [0, 0.05) is 11.3 Å². The van der Waals surface area contributed by atoms with E-state index >= 15 is 0 Å². The van der Waals surface area contributed by atoms with Gasteiger partial charge < -0.3 is 16.2 Å². The number of hydrogen-bond donors (Lipinski definition) is 3. The van der Waals surface area contributed by atoms with Crippen molar-refractivity contribution in [2.24, 2.45) is 5.73 Å². The number of carbonyl (C=O) groups excluding carboxylic acids is 2. The number of carboxylic acid groups (broad SMARTS) is 1. The molecule has 0 saturated carbocycles. The number of rotatable bonds is 7. The van der Waals surface area contributed by atoms with Gasteiger partial charge in [-0.25, -0.2) is 0 Å². The summed E-state index contributed by atoms with van der Waals surface area (Å²) in [5, 5.41) is 11.1. The van der Waals surface area contributed by atoms with Crippen LogP contribution in [0.4, 0.5) is 5.69 Å². The molecule has 0 aliphatic rings. The molecule has 0 aliphatic carbocycles. The predicted octanol–water partition coefficient (Wildman–Crippen LogP) is 1.07. The Labute approximate surface area is 114 Å². The number of hydrogen-bond acceptors (Lipinski definition) is 4. The molecule has 102 valence electrons. The topological polar surface area (TPSA) is 109 Å². The molecule has 19 heavy (non-hydrogen) atoms. The summed E-state index contributed by atoms with van der Waals surface area (Å²) in [5.41, 5.74) is 5.61. The maximum Gasteiger partial charge on any atom is 0.303 e. The fraction of sp³-hybridized carbons (Fsp3) is 0.250. The van der Waals surface area contributed by atoms with Gasteiger partial charge in [-0.3, -0.25) is 14.4 Å². The van der Waals surface area contributed by atoms with Crippen molar-refractivity contribution in [1.82, 2.24) is 0 Å². The van der Waals surface area contributed by atoms with Crippen molar-refractivity contribution in [3.63, 3.8) is 0 Å². The maximum absolute atomic E-state index is 11.5. The maximum atomic E-state index is 11.5. The number of aliphatic carboxylic acids is 1. The Morgan fingerprint density at radius 2 is 1.89 bits per heavy atom. The molecule has 0 fully saturated rings. The van der Waals surface area contributed by atoms with Gasteiger partial charge in [-0.15, -0.1) is 11.8 Å². The zero-order valence-corrected chi connectivity index (χ0v) is 10.9. The van der Waals surface area contributed by atoms with Gasteiger partial charge in [0.15, 0.2) is 0 Å². The van der Waals surface area contributed by atoms with E-state index in [0.717, 1.165) is 0 Å². The van der Waals surface area contributed by atoms with Crippen LogP contribution in [-0.2, 0) is 14.4 Å². The van der Waals surface area contributed by atoms with Crippen molar-refractivity contribution in [1.29, 1.82) is 0 Å². The van der Waals surface area contributed by atoms with Crippen LogP contribution in [0.5, 0.6) is 0 Å². The van der Waals surface area contributed by atoms with Crippen molar-refractivity contribution < 1.29 is 19.5 Å². The standard InChI is InChI=1S/C12H14N2O4S/c13-10(15)7-19-9-4-2-1-3-8(9)14-11(16)5-6-12(17)18/h1-4H,5-7H2,(H2,13,15)(H,14,16)(H,17,18). The molecule has 0 spiro atoms. The first-order valence-electron chi connectivity index (χ1n) is 5.51. The van der Waals surface area contributed by atoms with Crippen molar-refractivity contribution in [3.8, 4) is 0 Å². The molecule has 1 rings (SSSR count). The molecule has 6 nitrogen and oxygen atoms in total. The minimum absolute atomic E-state index is 0.0931. The number of amides is 2. The Kier molecular flexibility index (Phi) is 5.87. The average Bonchev–Trinajstić information content (AvgIpc) is 2.35. The minimum Gasteiger partial charge on any atom is -0.481 e. The van der Waals surface area contributed by atoms with E-state index in [2.05, 4.69) is 5.32 Å². The van der Waals surface area contributed by atoms with E-state index in [1.165, 1.54) is 11.8 Å². The van der Waals surface area contributed by atoms with Crippen molar-refractivity contribution in [3.05, 3.63) is 24.3 Å². The number of nitrogens with two attached hydrogens (primary N) is 1. The minimum atomic E-state index is -1.02. The van der Waals surface area contributed by atoms with Crippen LogP contribution in [-0.4, -0.2) is 28.6 Å². The third kappa shape index (κ3) is 5.91. The zero-order valence-electron chi connectivity index (χ0n) is 10.1. The zero-order chi connectivity index (χ0) is 14.3. The van der Waals surface area contributed by atoms with E-state index in [-0.39, 0.29) is 24.5 Å². The van der Waals surface area contributed by atoms with E-state index in [1.807, 2.05) is 0 Å². The molecule has 0 heterocycles. The highest BCUT2D eigenvalue weighted by atomic mass is 32.2. The monoisotopic (exact) mass is 282 g/mol. The Balaban J connectivity index is 2.64. The average molecular weight is 282 g/mol. The number of primary amides is 1. The fourth-order valence-corrected chi connectivity index (χ4v) is 2.02. The van der Waals surface area contributed by atoms with Gasteiger partial charge in [0.05, 0.1) is 17.9 Å².